The minimum Gasteiger partial charge on any atom is -0.508 e. The van der Waals surface area contributed by atoms with Gasteiger partial charge in [0.1, 0.15) is 17.2 Å². The maximum atomic E-state index is 13.6. The molecule has 0 saturated heterocycles. The van der Waals surface area contributed by atoms with Crippen molar-refractivity contribution in [1.82, 2.24) is 0 Å². The lowest BCUT2D eigenvalue weighted by atomic mass is 9.52. The van der Waals surface area contributed by atoms with Gasteiger partial charge in [-0.15, -0.1) is 0 Å². The smallest absolute Gasteiger partial charge is 0.315 e. The van der Waals surface area contributed by atoms with E-state index >= 15 is 0 Å². The van der Waals surface area contributed by atoms with E-state index in [1.807, 2.05) is 30.3 Å². The van der Waals surface area contributed by atoms with E-state index in [0.29, 0.717) is 16.9 Å². The summed E-state index contributed by atoms with van der Waals surface area (Å²) in [5.74, 6) is -3.95. The van der Waals surface area contributed by atoms with Crippen molar-refractivity contribution in [3.63, 3.8) is 0 Å². The van der Waals surface area contributed by atoms with Crippen LogP contribution in [0.3, 0.4) is 0 Å². The maximum absolute atomic E-state index is 13.6. The highest BCUT2D eigenvalue weighted by Gasteiger charge is 2.59. The number of carboxylic acid groups (broad SMARTS) is 1. The van der Waals surface area contributed by atoms with Crippen molar-refractivity contribution in [2.45, 2.75) is 11.8 Å². The molecular formula is C28H22O6. The van der Waals surface area contributed by atoms with Gasteiger partial charge in [0.2, 0.25) is 0 Å². The van der Waals surface area contributed by atoms with Crippen molar-refractivity contribution < 1.29 is 29.6 Å². The predicted molar refractivity (Wildman–Crippen MR) is 126 cm³/mol. The number of esters is 1. The Morgan fingerprint density at radius 2 is 1.18 bits per heavy atom. The molecule has 0 spiro atoms. The molecule has 0 radical (unpaired) electrons. The summed E-state index contributed by atoms with van der Waals surface area (Å²) in [5, 5.41) is 31.2. The molecule has 4 aromatic carbocycles. The molecule has 1 aliphatic rings. The molecule has 0 aromatic heterocycles. The van der Waals surface area contributed by atoms with Crippen molar-refractivity contribution in [3.8, 4) is 17.2 Å². The van der Waals surface area contributed by atoms with Crippen LogP contribution in [0.25, 0.3) is 10.8 Å². The van der Waals surface area contributed by atoms with Crippen molar-refractivity contribution in [2.75, 3.05) is 0 Å². The lowest BCUT2D eigenvalue weighted by Gasteiger charge is -2.49. The number of aliphatic carboxylic acids is 1. The average molecular weight is 454 g/mol. The molecular weight excluding hydrogens is 432 g/mol. The van der Waals surface area contributed by atoms with Gasteiger partial charge in [0, 0.05) is 17.2 Å². The Hall–Kier alpha value is -4.32. The largest absolute Gasteiger partial charge is 0.508 e. The zero-order valence-electron chi connectivity index (χ0n) is 18.0. The number of phenolic OH excluding ortho intramolecular Hbond substituents is 2. The minimum atomic E-state index is -1.02. The summed E-state index contributed by atoms with van der Waals surface area (Å²) in [5.41, 5.74) is 1.28. The summed E-state index contributed by atoms with van der Waals surface area (Å²) in [7, 11) is 0. The first-order chi connectivity index (χ1) is 16.4. The second-order valence-corrected chi connectivity index (χ2v) is 8.52. The van der Waals surface area contributed by atoms with Gasteiger partial charge in [0.05, 0.1) is 11.8 Å². The lowest BCUT2D eigenvalue weighted by molar-refractivity contribution is -0.158. The molecule has 34 heavy (non-hydrogen) atoms. The number of benzene rings is 4. The molecule has 1 aliphatic carbocycles. The van der Waals surface area contributed by atoms with Crippen LogP contribution in [0.1, 0.15) is 23.0 Å². The standard InChI is InChI=1S/C28H22O6/c29-19-12-8-17(9-13-19)23-25(27(31)32)24(18-10-14-20(30)15-11-18)26(23)28(33)34-22-7-3-5-16-4-1-2-6-21(16)22/h1-15,23-26,29-30H,(H,31,32)/t23-,24-,25?,26?/m0/s1. The molecule has 1 fully saturated rings. The van der Waals surface area contributed by atoms with E-state index in [2.05, 4.69) is 0 Å². The Balaban J connectivity index is 1.56. The highest BCUT2D eigenvalue weighted by molar-refractivity contribution is 5.92. The average Bonchev–Trinajstić information content (AvgIpc) is 2.81. The molecule has 2 atom stereocenters. The van der Waals surface area contributed by atoms with Gasteiger partial charge >= 0.3 is 11.9 Å². The number of fused-ring (bicyclic) bond motifs is 1. The summed E-state index contributed by atoms with van der Waals surface area (Å²) in [6.45, 7) is 0. The summed E-state index contributed by atoms with van der Waals surface area (Å²) in [6, 6.07) is 25.5. The highest BCUT2D eigenvalue weighted by atomic mass is 16.5. The molecule has 0 heterocycles. The van der Waals surface area contributed by atoms with Crippen LogP contribution in [0.15, 0.2) is 91.0 Å². The molecule has 4 aromatic rings. The van der Waals surface area contributed by atoms with Crippen LogP contribution in [0, 0.1) is 11.8 Å². The Morgan fingerprint density at radius 1 is 0.647 bits per heavy atom. The van der Waals surface area contributed by atoms with Crippen molar-refractivity contribution >= 4 is 22.7 Å². The fourth-order valence-electron chi connectivity index (χ4n) is 5.03. The second-order valence-electron chi connectivity index (χ2n) is 8.52. The van der Waals surface area contributed by atoms with E-state index in [0.717, 1.165) is 10.8 Å². The van der Waals surface area contributed by atoms with Gasteiger partial charge in [-0.2, -0.15) is 0 Å². The molecule has 1 saturated carbocycles. The Morgan fingerprint density at radius 3 is 1.74 bits per heavy atom. The minimum absolute atomic E-state index is 0.0555. The fraction of sp³-hybridized carbons (Fsp3) is 0.143. The summed E-state index contributed by atoms with van der Waals surface area (Å²) >= 11 is 0. The number of aromatic hydroxyl groups is 2. The number of hydrogen-bond donors (Lipinski definition) is 3. The van der Waals surface area contributed by atoms with Crippen LogP contribution in [-0.2, 0) is 9.59 Å². The zero-order valence-corrected chi connectivity index (χ0v) is 18.0. The fourth-order valence-corrected chi connectivity index (χ4v) is 5.03. The number of carbonyl (C=O) groups is 2. The number of rotatable bonds is 5. The molecule has 6 nitrogen and oxygen atoms in total. The van der Waals surface area contributed by atoms with Crippen LogP contribution in [-0.4, -0.2) is 27.3 Å². The number of carboxylic acids is 1. The first-order valence-electron chi connectivity index (χ1n) is 10.9. The third-order valence-corrected chi connectivity index (χ3v) is 6.62. The summed E-state index contributed by atoms with van der Waals surface area (Å²) in [4.78, 5) is 25.9. The maximum Gasteiger partial charge on any atom is 0.315 e. The third-order valence-electron chi connectivity index (χ3n) is 6.62. The van der Waals surface area contributed by atoms with Gasteiger partial charge in [-0.05, 0) is 46.8 Å². The van der Waals surface area contributed by atoms with Crippen LogP contribution in [0.5, 0.6) is 17.2 Å². The number of carbonyl (C=O) groups excluding carboxylic acids is 1. The van der Waals surface area contributed by atoms with E-state index < -0.39 is 35.6 Å². The number of phenols is 2. The van der Waals surface area contributed by atoms with Crippen LogP contribution in [0.2, 0.25) is 0 Å². The topological polar surface area (TPSA) is 104 Å². The van der Waals surface area contributed by atoms with Crippen molar-refractivity contribution in [2.24, 2.45) is 11.8 Å². The second kappa shape index (κ2) is 8.56. The molecule has 170 valence electrons. The SMILES string of the molecule is O=C(O)C1[C@H](c2ccc(O)cc2)C(C(=O)Oc2cccc3ccccc23)[C@H]1c1ccc(O)cc1. The van der Waals surface area contributed by atoms with Crippen molar-refractivity contribution in [3.05, 3.63) is 102 Å². The monoisotopic (exact) mass is 454 g/mol. The molecule has 0 amide bonds. The van der Waals surface area contributed by atoms with E-state index in [4.69, 9.17) is 4.74 Å². The highest BCUT2D eigenvalue weighted by Crippen LogP contribution is 2.58. The molecule has 0 unspecified atom stereocenters. The molecule has 0 aliphatic heterocycles. The third kappa shape index (κ3) is 3.73. The summed E-state index contributed by atoms with van der Waals surface area (Å²) < 4.78 is 5.88. The summed E-state index contributed by atoms with van der Waals surface area (Å²) in [6.07, 6.45) is 0. The Bertz CT molecular complexity index is 1300. The van der Waals surface area contributed by atoms with Gasteiger partial charge in [-0.1, -0.05) is 60.7 Å². The van der Waals surface area contributed by atoms with Gasteiger partial charge in [-0.3, -0.25) is 9.59 Å². The predicted octanol–water partition coefficient (Wildman–Crippen LogP) is 5.05. The number of hydrogen-bond acceptors (Lipinski definition) is 5. The van der Waals surface area contributed by atoms with E-state index in [-0.39, 0.29) is 11.5 Å². The lowest BCUT2D eigenvalue weighted by Crippen LogP contribution is -2.52. The van der Waals surface area contributed by atoms with Gasteiger partial charge < -0.3 is 20.1 Å². The van der Waals surface area contributed by atoms with E-state index in [1.54, 1.807) is 36.4 Å². The van der Waals surface area contributed by atoms with Gasteiger partial charge in [0.25, 0.3) is 0 Å². The molecule has 5 rings (SSSR count). The quantitative estimate of drug-likeness (QED) is 0.288. The van der Waals surface area contributed by atoms with Gasteiger partial charge in [0.15, 0.2) is 0 Å². The van der Waals surface area contributed by atoms with Crippen LogP contribution in [0.4, 0.5) is 0 Å². The van der Waals surface area contributed by atoms with Gasteiger partial charge in [-0.25, -0.2) is 0 Å². The molecule has 6 heteroatoms. The first kappa shape index (κ1) is 21.5. The normalized spacial score (nSPS) is 21.5. The first-order valence-corrected chi connectivity index (χ1v) is 10.9. The zero-order chi connectivity index (χ0) is 23.8. The molecule has 0 bridgehead atoms. The Kier molecular flexibility index (Phi) is 5.42. The Labute approximate surface area is 195 Å². The molecule has 3 N–H and O–H groups in total. The van der Waals surface area contributed by atoms with Crippen LogP contribution >= 0.6 is 0 Å². The van der Waals surface area contributed by atoms with Crippen molar-refractivity contribution in [1.29, 1.82) is 0 Å². The van der Waals surface area contributed by atoms with E-state index in [1.165, 1.54) is 24.3 Å². The van der Waals surface area contributed by atoms with Crippen LogP contribution < -0.4 is 4.74 Å². The number of ether oxygens (including phenoxy) is 1. The van der Waals surface area contributed by atoms with E-state index in [9.17, 15) is 24.9 Å².